The van der Waals surface area contributed by atoms with Crippen LogP contribution in [0.5, 0.6) is 5.75 Å². The Morgan fingerprint density at radius 1 is 1.09 bits per heavy atom. The van der Waals surface area contributed by atoms with E-state index < -0.39 is 12.4 Å². The summed E-state index contributed by atoms with van der Waals surface area (Å²) in [5.41, 5.74) is 4.86. The first-order chi connectivity index (χ1) is 21.0. The van der Waals surface area contributed by atoms with Gasteiger partial charge in [-0.1, -0.05) is 62.0 Å². The molecule has 1 aromatic heterocycles. The van der Waals surface area contributed by atoms with E-state index in [9.17, 15) is 22.8 Å². The molecule has 0 saturated carbocycles. The lowest BCUT2D eigenvalue weighted by molar-refractivity contribution is -0.274. The number of carbonyl (C=O) groups excluding carboxylic acids is 2. The number of benzene rings is 3. The Hall–Kier alpha value is -4.91. The van der Waals surface area contributed by atoms with Crippen molar-refractivity contribution in [3.8, 4) is 22.8 Å². The van der Waals surface area contributed by atoms with Crippen LogP contribution >= 0.6 is 11.8 Å². The molecular formula is C31H27F3N6O3S. The van der Waals surface area contributed by atoms with Crippen molar-refractivity contribution in [2.75, 3.05) is 10.7 Å². The van der Waals surface area contributed by atoms with Gasteiger partial charge in [-0.3, -0.25) is 9.69 Å². The molecule has 4 aromatic rings. The quantitative estimate of drug-likeness (QED) is 0.237. The van der Waals surface area contributed by atoms with E-state index in [0.29, 0.717) is 22.2 Å². The number of amidine groups is 1. The topological polar surface area (TPSA) is 102 Å². The molecule has 44 heavy (non-hydrogen) atoms. The van der Waals surface area contributed by atoms with Gasteiger partial charge < -0.3 is 10.1 Å². The van der Waals surface area contributed by atoms with Gasteiger partial charge in [-0.2, -0.15) is 4.99 Å². The van der Waals surface area contributed by atoms with Crippen molar-refractivity contribution in [1.29, 1.82) is 0 Å². The molecule has 1 saturated heterocycles. The zero-order valence-electron chi connectivity index (χ0n) is 23.9. The van der Waals surface area contributed by atoms with Crippen molar-refractivity contribution >= 4 is 40.6 Å². The summed E-state index contributed by atoms with van der Waals surface area (Å²) < 4.78 is 42.5. The fourth-order valence-corrected chi connectivity index (χ4v) is 5.54. The van der Waals surface area contributed by atoms with E-state index in [1.807, 2.05) is 37.3 Å². The highest BCUT2D eigenvalue weighted by molar-refractivity contribution is 8.15. The minimum Gasteiger partial charge on any atom is -0.406 e. The van der Waals surface area contributed by atoms with Crippen molar-refractivity contribution < 1.29 is 27.5 Å². The maximum atomic E-state index is 12.7. The van der Waals surface area contributed by atoms with Gasteiger partial charge in [0.15, 0.2) is 11.0 Å². The van der Waals surface area contributed by atoms with Crippen LogP contribution in [-0.4, -0.2) is 44.0 Å². The van der Waals surface area contributed by atoms with E-state index in [0.717, 1.165) is 22.4 Å². The minimum atomic E-state index is -4.76. The van der Waals surface area contributed by atoms with Crippen LogP contribution in [-0.2, 0) is 4.79 Å². The molecule has 1 aliphatic heterocycles. The van der Waals surface area contributed by atoms with Crippen LogP contribution in [0.4, 0.5) is 23.7 Å². The lowest BCUT2D eigenvalue weighted by Crippen LogP contribution is -2.31. The third-order valence-electron chi connectivity index (χ3n) is 6.56. The Bertz CT molecular complexity index is 1730. The molecule has 1 N–H and O–H groups in total. The van der Waals surface area contributed by atoms with Crippen LogP contribution in [0.25, 0.3) is 23.2 Å². The minimum absolute atomic E-state index is 0.127. The SMILES string of the molecule is Cc1cccc(N2C(=O)CSC2=NC(=O)N/C=C/c2ccc(-c3ncn(-c4ccc(OC(F)(F)F)cc4)n3)cc2)c1C(C)C. The normalized spacial score (nSPS) is 14.7. The molecule has 1 fully saturated rings. The molecule has 9 nitrogen and oxygen atoms in total. The first-order valence-electron chi connectivity index (χ1n) is 13.5. The number of halogens is 3. The molecule has 0 aliphatic carbocycles. The smallest absolute Gasteiger partial charge is 0.406 e. The number of aryl methyl sites for hydroxylation is 1. The number of hydrogen-bond acceptors (Lipinski definition) is 6. The molecule has 5 rings (SSSR count). The van der Waals surface area contributed by atoms with Crippen LogP contribution in [0.3, 0.4) is 0 Å². The van der Waals surface area contributed by atoms with E-state index >= 15 is 0 Å². The first kappa shape index (κ1) is 30.5. The summed E-state index contributed by atoms with van der Waals surface area (Å²) in [6, 6.07) is 17.7. The van der Waals surface area contributed by atoms with Gasteiger partial charge in [0.25, 0.3) is 0 Å². The zero-order valence-corrected chi connectivity index (χ0v) is 24.7. The van der Waals surface area contributed by atoms with Crippen LogP contribution in [0.2, 0.25) is 0 Å². The van der Waals surface area contributed by atoms with Crippen LogP contribution in [0.1, 0.15) is 36.5 Å². The molecule has 1 aliphatic rings. The summed E-state index contributed by atoms with van der Waals surface area (Å²) in [6.07, 6.45) is -0.139. The molecular weight excluding hydrogens is 593 g/mol. The van der Waals surface area contributed by atoms with Crippen molar-refractivity contribution in [2.24, 2.45) is 4.99 Å². The molecule has 226 valence electrons. The number of urea groups is 1. The molecule has 0 spiro atoms. The third-order valence-corrected chi connectivity index (χ3v) is 7.48. The molecule has 0 bridgehead atoms. The number of anilines is 1. The van der Waals surface area contributed by atoms with E-state index in [1.54, 1.807) is 18.2 Å². The summed E-state index contributed by atoms with van der Waals surface area (Å²) in [6.45, 7) is 6.12. The van der Waals surface area contributed by atoms with Gasteiger partial charge in [0, 0.05) is 11.8 Å². The van der Waals surface area contributed by atoms with Gasteiger partial charge >= 0.3 is 12.4 Å². The second-order valence-electron chi connectivity index (χ2n) is 10.0. The second-order valence-corrected chi connectivity index (χ2v) is 11.0. The number of carbonyl (C=O) groups is 2. The number of hydrogen-bond donors (Lipinski definition) is 1. The third kappa shape index (κ3) is 7.17. The van der Waals surface area contributed by atoms with E-state index in [4.69, 9.17) is 0 Å². The van der Waals surface area contributed by atoms with Crippen molar-refractivity contribution in [1.82, 2.24) is 20.1 Å². The predicted molar refractivity (Wildman–Crippen MR) is 164 cm³/mol. The summed E-state index contributed by atoms with van der Waals surface area (Å²) in [7, 11) is 0. The Labute approximate surface area is 255 Å². The number of aromatic nitrogens is 3. The van der Waals surface area contributed by atoms with Gasteiger partial charge in [-0.15, -0.1) is 18.3 Å². The summed E-state index contributed by atoms with van der Waals surface area (Å²) in [5, 5.41) is 7.34. The van der Waals surface area contributed by atoms with E-state index in [2.05, 4.69) is 39.0 Å². The van der Waals surface area contributed by atoms with Gasteiger partial charge in [0.1, 0.15) is 12.1 Å². The highest BCUT2D eigenvalue weighted by Gasteiger charge is 2.33. The Morgan fingerprint density at radius 3 is 2.50 bits per heavy atom. The second kappa shape index (κ2) is 12.8. The maximum Gasteiger partial charge on any atom is 0.573 e. The van der Waals surface area contributed by atoms with E-state index in [-0.39, 0.29) is 23.3 Å². The molecule has 0 unspecified atom stereocenters. The maximum absolute atomic E-state index is 12.7. The number of nitrogens with one attached hydrogen (secondary N) is 1. The van der Waals surface area contributed by atoms with Crippen molar-refractivity contribution in [3.63, 3.8) is 0 Å². The number of nitrogens with zero attached hydrogens (tertiary/aromatic N) is 5. The standard InChI is InChI=1S/C31H27F3N6O3S/c1-19(2)27-20(3)5-4-6-25(27)40-26(41)17-44-30(40)37-29(42)35-16-15-21-7-9-22(10-8-21)28-36-18-39(38-28)23-11-13-24(14-12-23)43-31(32,33)34/h4-16,18-19H,17H2,1-3H3,(H,35,42)/b16-15+,37-30?. The summed E-state index contributed by atoms with van der Waals surface area (Å²) >= 11 is 1.22. The average molecular weight is 621 g/mol. The molecule has 3 aromatic carbocycles. The zero-order chi connectivity index (χ0) is 31.4. The Balaban J connectivity index is 1.21. The monoisotopic (exact) mass is 620 g/mol. The number of amides is 3. The molecule has 3 amide bonds. The van der Waals surface area contributed by atoms with Gasteiger partial charge in [0.05, 0.1) is 17.1 Å². The number of aliphatic imine (C=N–C) groups is 1. The van der Waals surface area contributed by atoms with Crippen molar-refractivity contribution in [2.45, 2.75) is 33.1 Å². The number of thioether (sulfide) groups is 1. The summed E-state index contributed by atoms with van der Waals surface area (Å²) in [4.78, 5) is 35.3. The number of alkyl halides is 3. The number of rotatable bonds is 7. The Kier molecular flexibility index (Phi) is 8.86. The average Bonchev–Trinajstić information content (AvgIpc) is 3.60. The highest BCUT2D eigenvalue weighted by Crippen LogP contribution is 2.35. The van der Waals surface area contributed by atoms with Crippen LogP contribution in [0, 0.1) is 6.92 Å². The van der Waals surface area contributed by atoms with E-state index in [1.165, 1.54) is 58.1 Å². The lowest BCUT2D eigenvalue weighted by atomic mass is 9.95. The highest BCUT2D eigenvalue weighted by atomic mass is 32.2. The fourth-order valence-electron chi connectivity index (χ4n) is 4.68. The molecule has 2 heterocycles. The lowest BCUT2D eigenvalue weighted by Gasteiger charge is -2.23. The first-order valence-corrected chi connectivity index (χ1v) is 14.5. The summed E-state index contributed by atoms with van der Waals surface area (Å²) in [5.74, 6) is 0.352. The van der Waals surface area contributed by atoms with Crippen LogP contribution in [0.15, 0.2) is 84.2 Å². The molecule has 13 heteroatoms. The van der Waals surface area contributed by atoms with Gasteiger partial charge in [-0.05, 0) is 65.9 Å². The number of ether oxygens (including phenoxy) is 1. The van der Waals surface area contributed by atoms with Gasteiger partial charge in [-0.25, -0.2) is 14.5 Å². The molecule has 0 radical (unpaired) electrons. The Morgan fingerprint density at radius 2 is 1.82 bits per heavy atom. The van der Waals surface area contributed by atoms with Crippen LogP contribution < -0.4 is 15.0 Å². The van der Waals surface area contributed by atoms with Gasteiger partial charge in [0.2, 0.25) is 5.91 Å². The predicted octanol–water partition coefficient (Wildman–Crippen LogP) is 7.08. The fraction of sp³-hybridized carbons (Fsp3) is 0.194. The van der Waals surface area contributed by atoms with Crippen molar-refractivity contribution in [3.05, 3.63) is 95.9 Å². The molecule has 0 atom stereocenters. The largest absolute Gasteiger partial charge is 0.573 e.